The molecule has 1 heterocycles. The van der Waals surface area contributed by atoms with Gasteiger partial charge in [0.2, 0.25) is 5.91 Å². The van der Waals surface area contributed by atoms with E-state index in [0.29, 0.717) is 0 Å². The van der Waals surface area contributed by atoms with E-state index in [2.05, 4.69) is 15.4 Å². The van der Waals surface area contributed by atoms with Crippen LogP contribution < -0.4 is 15.4 Å². The highest BCUT2D eigenvalue weighted by molar-refractivity contribution is 5.95. The standard InChI is InChI=1S/C13H15F3N2O2.ClH/c14-13(15,16)20-10-5-3-4-9(8-10)18-12(19)11-6-1-2-7-17-11;/h3-5,8,11,17H,1-2,6-7H2,(H,18,19);1H. The Bertz CT molecular complexity index is 477. The van der Waals surface area contributed by atoms with E-state index < -0.39 is 6.36 Å². The summed E-state index contributed by atoms with van der Waals surface area (Å²) < 4.78 is 40.1. The minimum Gasteiger partial charge on any atom is -0.406 e. The zero-order valence-corrected chi connectivity index (χ0v) is 11.9. The van der Waals surface area contributed by atoms with Crippen LogP contribution in [-0.4, -0.2) is 24.9 Å². The van der Waals surface area contributed by atoms with Crippen molar-refractivity contribution in [3.05, 3.63) is 24.3 Å². The topological polar surface area (TPSA) is 50.4 Å². The Morgan fingerprint density at radius 2 is 2.10 bits per heavy atom. The minimum absolute atomic E-state index is 0. The molecule has 1 aliphatic rings. The SMILES string of the molecule is Cl.O=C(Nc1cccc(OC(F)(F)F)c1)C1CCCCN1. The lowest BCUT2D eigenvalue weighted by Gasteiger charge is -2.22. The first kappa shape index (κ1) is 17.6. The summed E-state index contributed by atoms with van der Waals surface area (Å²) >= 11 is 0. The number of nitrogens with one attached hydrogen (secondary N) is 2. The van der Waals surface area contributed by atoms with Crippen molar-refractivity contribution in [1.29, 1.82) is 0 Å². The fourth-order valence-corrected chi connectivity index (χ4v) is 2.08. The Kier molecular flexibility index (Phi) is 6.29. The van der Waals surface area contributed by atoms with Gasteiger partial charge < -0.3 is 15.4 Å². The molecule has 2 rings (SSSR count). The first-order chi connectivity index (χ1) is 9.44. The largest absolute Gasteiger partial charge is 0.573 e. The van der Waals surface area contributed by atoms with E-state index in [9.17, 15) is 18.0 Å². The molecular weight excluding hydrogens is 309 g/mol. The highest BCUT2D eigenvalue weighted by atomic mass is 35.5. The van der Waals surface area contributed by atoms with E-state index in [1.165, 1.54) is 18.2 Å². The molecular formula is C13H16ClF3N2O2. The van der Waals surface area contributed by atoms with Gasteiger partial charge in [-0.15, -0.1) is 25.6 Å². The fraction of sp³-hybridized carbons (Fsp3) is 0.462. The van der Waals surface area contributed by atoms with Gasteiger partial charge in [-0.25, -0.2) is 0 Å². The number of carbonyl (C=O) groups excluding carboxylic acids is 1. The summed E-state index contributed by atoms with van der Waals surface area (Å²) in [6.45, 7) is 0.773. The van der Waals surface area contributed by atoms with Gasteiger partial charge in [0.15, 0.2) is 0 Å². The summed E-state index contributed by atoms with van der Waals surface area (Å²) in [6, 6.07) is 4.95. The molecule has 0 bridgehead atoms. The minimum atomic E-state index is -4.74. The third-order valence-corrected chi connectivity index (χ3v) is 2.96. The number of halogens is 4. The van der Waals surface area contributed by atoms with Gasteiger partial charge in [0.1, 0.15) is 5.75 Å². The van der Waals surface area contributed by atoms with Crippen molar-refractivity contribution in [2.75, 3.05) is 11.9 Å². The molecule has 21 heavy (non-hydrogen) atoms. The third-order valence-electron chi connectivity index (χ3n) is 2.96. The van der Waals surface area contributed by atoms with Crippen LogP contribution in [0.4, 0.5) is 18.9 Å². The molecule has 1 atom stereocenters. The highest BCUT2D eigenvalue weighted by Crippen LogP contribution is 2.25. The monoisotopic (exact) mass is 324 g/mol. The molecule has 0 aliphatic carbocycles. The molecule has 1 aliphatic heterocycles. The van der Waals surface area contributed by atoms with Crippen LogP contribution in [0.25, 0.3) is 0 Å². The maximum absolute atomic E-state index is 12.1. The fourth-order valence-electron chi connectivity index (χ4n) is 2.08. The molecule has 0 radical (unpaired) electrons. The van der Waals surface area contributed by atoms with Gasteiger partial charge in [0, 0.05) is 11.8 Å². The number of carbonyl (C=O) groups is 1. The van der Waals surface area contributed by atoms with Crippen LogP contribution in [0.1, 0.15) is 19.3 Å². The Balaban J connectivity index is 0.00000220. The molecule has 1 aromatic rings. The zero-order chi connectivity index (χ0) is 14.6. The average Bonchev–Trinajstić information content (AvgIpc) is 2.38. The average molecular weight is 325 g/mol. The van der Waals surface area contributed by atoms with Crippen LogP contribution in [0.2, 0.25) is 0 Å². The number of piperidine rings is 1. The molecule has 1 amide bonds. The number of alkyl halides is 3. The molecule has 0 spiro atoms. The first-order valence-electron chi connectivity index (χ1n) is 6.34. The normalized spacial score (nSPS) is 18.5. The number of anilines is 1. The van der Waals surface area contributed by atoms with E-state index in [1.54, 1.807) is 0 Å². The van der Waals surface area contributed by atoms with Gasteiger partial charge in [-0.05, 0) is 31.5 Å². The molecule has 2 N–H and O–H groups in total. The van der Waals surface area contributed by atoms with Crippen LogP contribution >= 0.6 is 12.4 Å². The van der Waals surface area contributed by atoms with E-state index in [0.717, 1.165) is 31.9 Å². The maximum Gasteiger partial charge on any atom is 0.573 e. The Morgan fingerprint density at radius 1 is 1.33 bits per heavy atom. The summed E-state index contributed by atoms with van der Waals surface area (Å²) in [5.41, 5.74) is 0.282. The van der Waals surface area contributed by atoms with E-state index in [-0.39, 0.29) is 35.8 Å². The lowest BCUT2D eigenvalue weighted by atomic mass is 10.0. The van der Waals surface area contributed by atoms with Crippen molar-refractivity contribution in [3.8, 4) is 5.75 Å². The number of hydrogen-bond donors (Lipinski definition) is 2. The Hall–Kier alpha value is -1.47. The number of amides is 1. The van der Waals surface area contributed by atoms with E-state index >= 15 is 0 Å². The summed E-state index contributed by atoms with van der Waals surface area (Å²) in [5, 5.41) is 5.66. The number of rotatable bonds is 3. The van der Waals surface area contributed by atoms with Gasteiger partial charge in [-0.2, -0.15) is 0 Å². The lowest BCUT2D eigenvalue weighted by Crippen LogP contribution is -2.43. The molecule has 8 heteroatoms. The molecule has 1 unspecified atom stereocenters. The second-order valence-corrected chi connectivity index (χ2v) is 4.57. The van der Waals surface area contributed by atoms with Crippen LogP contribution in [0.15, 0.2) is 24.3 Å². The summed E-state index contributed by atoms with van der Waals surface area (Å²) in [4.78, 5) is 11.9. The summed E-state index contributed by atoms with van der Waals surface area (Å²) in [5.74, 6) is -0.597. The van der Waals surface area contributed by atoms with Crippen molar-refractivity contribution < 1.29 is 22.7 Å². The van der Waals surface area contributed by atoms with Crippen LogP contribution in [0.5, 0.6) is 5.75 Å². The van der Waals surface area contributed by atoms with Gasteiger partial charge in [-0.1, -0.05) is 12.5 Å². The number of benzene rings is 1. The summed E-state index contributed by atoms with van der Waals surface area (Å²) in [7, 11) is 0. The van der Waals surface area contributed by atoms with Gasteiger partial charge >= 0.3 is 6.36 Å². The molecule has 0 aromatic heterocycles. The van der Waals surface area contributed by atoms with Crippen molar-refractivity contribution in [1.82, 2.24) is 5.32 Å². The van der Waals surface area contributed by atoms with E-state index in [4.69, 9.17) is 0 Å². The van der Waals surface area contributed by atoms with Gasteiger partial charge in [0.05, 0.1) is 6.04 Å². The third kappa shape index (κ3) is 5.81. The lowest BCUT2D eigenvalue weighted by molar-refractivity contribution is -0.274. The molecule has 1 aromatic carbocycles. The maximum atomic E-state index is 12.1. The second kappa shape index (κ2) is 7.51. The van der Waals surface area contributed by atoms with Crippen LogP contribution in [-0.2, 0) is 4.79 Å². The molecule has 4 nitrogen and oxygen atoms in total. The second-order valence-electron chi connectivity index (χ2n) is 4.57. The highest BCUT2D eigenvalue weighted by Gasteiger charge is 2.31. The zero-order valence-electron chi connectivity index (χ0n) is 11.1. The molecule has 1 saturated heterocycles. The Labute approximate surface area is 126 Å². The van der Waals surface area contributed by atoms with Gasteiger partial charge in [0.25, 0.3) is 0 Å². The Morgan fingerprint density at radius 3 is 2.71 bits per heavy atom. The summed E-state index contributed by atoms with van der Waals surface area (Å²) in [6.07, 6.45) is -2.03. The smallest absolute Gasteiger partial charge is 0.406 e. The van der Waals surface area contributed by atoms with Crippen molar-refractivity contribution >= 4 is 24.0 Å². The van der Waals surface area contributed by atoms with Crippen LogP contribution in [0, 0.1) is 0 Å². The molecule has 118 valence electrons. The van der Waals surface area contributed by atoms with E-state index in [1.807, 2.05) is 0 Å². The van der Waals surface area contributed by atoms with Crippen LogP contribution in [0.3, 0.4) is 0 Å². The van der Waals surface area contributed by atoms with Gasteiger partial charge in [-0.3, -0.25) is 4.79 Å². The predicted molar refractivity (Wildman–Crippen MR) is 74.6 cm³/mol. The van der Waals surface area contributed by atoms with Crippen molar-refractivity contribution in [2.24, 2.45) is 0 Å². The van der Waals surface area contributed by atoms with Crippen molar-refractivity contribution in [3.63, 3.8) is 0 Å². The number of hydrogen-bond acceptors (Lipinski definition) is 3. The molecule has 1 fully saturated rings. The number of ether oxygens (including phenoxy) is 1. The predicted octanol–water partition coefficient (Wildman–Crippen LogP) is 3.09. The van der Waals surface area contributed by atoms with Crippen molar-refractivity contribution in [2.45, 2.75) is 31.7 Å². The molecule has 0 saturated carbocycles. The first-order valence-corrected chi connectivity index (χ1v) is 6.34. The quantitative estimate of drug-likeness (QED) is 0.898.